The van der Waals surface area contributed by atoms with Gasteiger partial charge in [-0.15, -0.1) is 0 Å². The largest absolute Gasteiger partial charge is 0.469 e. The summed E-state index contributed by atoms with van der Waals surface area (Å²) in [5, 5.41) is 3.24. The number of carbonyl (C=O) groups excluding carboxylic acids is 1. The van der Waals surface area contributed by atoms with Gasteiger partial charge in [0.25, 0.3) is 0 Å². The number of ether oxygens (including phenoxy) is 1. The number of esters is 1. The lowest BCUT2D eigenvalue weighted by atomic mass is 9.97. The predicted molar refractivity (Wildman–Crippen MR) is 98.3 cm³/mol. The summed E-state index contributed by atoms with van der Waals surface area (Å²) in [4.78, 5) is 11.6. The van der Waals surface area contributed by atoms with Gasteiger partial charge in [-0.25, -0.2) is 4.39 Å². The number of rotatable bonds is 6. The van der Waals surface area contributed by atoms with Gasteiger partial charge in [-0.3, -0.25) is 4.79 Å². The van der Waals surface area contributed by atoms with E-state index in [-0.39, 0.29) is 11.8 Å². The van der Waals surface area contributed by atoms with E-state index in [0.29, 0.717) is 17.7 Å². The van der Waals surface area contributed by atoms with Gasteiger partial charge in [0.2, 0.25) is 0 Å². The Balaban J connectivity index is 1.73. The molecule has 5 heteroatoms. The molecule has 134 valence electrons. The normalized spacial score (nSPS) is 11.8. The third-order valence-corrected chi connectivity index (χ3v) is 4.29. The Labute approximate surface area is 151 Å². The maximum absolute atomic E-state index is 14.5. The molecular weight excluding hydrogens is 333 g/mol. The van der Waals surface area contributed by atoms with Crippen LogP contribution in [0.1, 0.15) is 24.2 Å². The van der Waals surface area contributed by atoms with Crippen LogP contribution in [0.15, 0.2) is 65.3 Å². The lowest BCUT2D eigenvalue weighted by Gasteiger charge is -2.12. The number of benzene rings is 2. The minimum Gasteiger partial charge on any atom is -0.469 e. The van der Waals surface area contributed by atoms with Crippen LogP contribution in [0.2, 0.25) is 0 Å². The number of furan rings is 1. The molecule has 0 amide bonds. The van der Waals surface area contributed by atoms with Crippen molar-refractivity contribution in [1.29, 1.82) is 0 Å². The molecule has 1 atom stereocenters. The summed E-state index contributed by atoms with van der Waals surface area (Å²) in [6.45, 7) is 2.28. The molecule has 0 fully saturated rings. The quantitative estimate of drug-likeness (QED) is 0.636. The third kappa shape index (κ3) is 3.94. The van der Waals surface area contributed by atoms with E-state index in [9.17, 15) is 9.18 Å². The van der Waals surface area contributed by atoms with E-state index in [2.05, 4.69) is 5.32 Å². The van der Waals surface area contributed by atoms with Crippen LogP contribution in [-0.4, -0.2) is 13.1 Å². The summed E-state index contributed by atoms with van der Waals surface area (Å²) in [5.41, 5.74) is 2.77. The summed E-state index contributed by atoms with van der Waals surface area (Å²) in [5.74, 6) is -0.411. The summed E-state index contributed by atoms with van der Waals surface area (Å²) in [7, 11) is 1.32. The Bertz CT molecular complexity index is 873. The van der Waals surface area contributed by atoms with Crippen molar-refractivity contribution in [3.8, 4) is 11.1 Å². The molecule has 0 bridgehead atoms. The number of carbonyl (C=O) groups is 1. The third-order valence-electron chi connectivity index (χ3n) is 4.29. The number of halogens is 1. The van der Waals surface area contributed by atoms with Crippen LogP contribution >= 0.6 is 0 Å². The summed E-state index contributed by atoms with van der Waals surface area (Å²) in [6.07, 6.45) is 1.63. The second-order valence-corrected chi connectivity index (χ2v) is 5.99. The average molecular weight is 353 g/mol. The Morgan fingerprint density at radius 3 is 2.58 bits per heavy atom. The van der Waals surface area contributed by atoms with Gasteiger partial charge in [-0.05, 0) is 48.4 Å². The highest BCUT2D eigenvalue weighted by Gasteiger charge is 2.17. The van der Waals surface area contributed by atoms with Crippen LogP contribution in [0, 0.1) is 5.82 Å². The fraction of sp³-hybridized carbons (Fsp3) is 0.190. The standard InChI is InChI=1S/C21H20FNO3/c1-14(21(24)25-2)16-7-10-19(20(22)12-16)15-5-8-17(9-6-15)23-13-18-4-3-11-26-18/h3-12,14,23H,13H2,1-2H3. The number of nitrogens with one attached hydrogen (secondary N) is 1. The Morgan fingerprint density at radius 1 is 1.19 bits per heavy atom. The molecule has 1 heterocycles. The lowest BCUT2D eigenvalue weighted by Crippen LogP contribution is -2.11. The Hall–Kier alpha value is -3.08. The van der Waals surface area contributed by atoms with Crippen LogP contribution in [0.3, 0.4) is 0 Å². The van der Waals surface area contributed by atoms with Gasteiger partial charge in [0.15, 0.2) is 0 Å². The molecule has 1 N–H and O–H groups in total. The van der Waals surface area contributed by atoms with Gasteiger partial charge in [-0.1, -0.05) is 24.3 Å². The van der Waals surface area contributed by atoms with Gasteiger partial charge in [0, 0.05) is 11.3 Å². The molecule has 0 aliphatic rings. The molecule has 0 radical (unpaired) electrons. The van der Waals surface area contributed by atoms with E-state index in [1.54, 1.807) is 25.3 Å². The molecule has 2 aromatic carbocycles. The van der Waals surface area contributed by atoms with Crippen molar-refractivity contribution in [3.05, 3.63) is 78.0 Å². The van der Waals surface area contributed by atoms with Gasteiger partial charge in [0.1, 0.15) is 11.6 Å². The van der Waals surface area contributed by atoms with Gasteiger partial charge < -0.3 is 14.5 Å². The molecule has 26 heavy (non-hydrogen) atoms. The van der Waals surface area contributed by atoms with Crippen LogP contribution < -0.4 is 5.32 Å². The van der Waals surface area contributed by atoms with E-state index in [4.69, 9.17) is 9.15 Å². The first-order chi connectivity index (χ1) is 12.6. The van der Waals surface area contributed by atoms with E-state index in [1.807, 2.05) is 36.4 Å². The number of anilines is 1. The molecule has 3 aromatic rings. The minimum atomic E-state index is -0.503. The monoisotopic (exact) mass is 353 g/mol. The van der Waals surface area contributed by atoms with Crippen molar-refractivity contribution in [2.24, 2.45) is 0 Å². The highest BCUT2D eigenvalue weighted by molar-refractivity contribution is 5.78. The zero-order chi connectivity index (χ0) is 18.5. The Kier molecular flexibility index (Phi) is 5.37. The molecule has 1 aromatic heterocycles. The van der Waals surface area contributed by atoms with Crippen molar-refractivity contribution in [1.82, 2.24) is 0 Å². The molecule has 4 nitrogen and oxygen atoms in total. The summed E-state index contributed by atoms with van der Waals surface area (Å²) in [6, 6.07) is 16.1. The number of hydrogen-bond acceptors (Lipinski definition) is 4. The average Bonchev–Trinajstić information content (AvgIpc) is 3.19. The molecule has 0 saturated carbocycles. The fourth-order valence-electron chi connectivity index (χ4n) is 2.72. The van der Waals surface area contributed by atoms with E-state index in [0.717, 1.165) is 17.0 Å². The van der Waals surface area contributed by atoms with Gasteiger partial charge >= 0.3 is 5.97 Å². The second kappa shape index (κ2) is 7.87. The first-order valence-electron chi connectivity index (χ1n) is 8.32. The number of methoxy groups -OCH3 is 1. The maximum Gasteiger partial charge on any atom is 0.312 e. The van der Waals surface area contributed by atoms with Gasteiger partial charge in [-0.2, -0.15) is 0 Å². The topological polar surface area (TPSA) is 51.5 Å². The van der Waals surface area contributed by atoms with E-state index >= 15 is 0 Å². The van der Waals surface area contributed by atoms with Crippen molar-refractivity contribution >= 4 is 11.7 Å². The fourth-order valence-corrected chi connectivity index (χ4v) is 2.72. The van der Waals surface area contributed by atoms with Gasteiger partial charge in [0.05, 0.1) is 25.8 Å². The van der Waals surface area contributed by atoms with Crippen molar-refractivity contribution in [3.63, 3.8) is 0 Å². The zero-order valence-electron chi connectivity index (χ0n) is 14.7. The van der Waals surface area contributed by atoms with Crippen LogP contribution in [-0.2, 0) is 16.1 Å². The van der Waals surface area contributed by atoms with Crippen LogP contribution in [0.25, 0.3) is 11.1 Å². The SMILES string of the molecule is COC(=O)C(C)c1ccc(-c2ccc(NCc3ccco3)cc2)c(F)c1. The minimum absolute atomic E-state index is 0.366. The van der Waals surface area contributed by atoms with Crippen molar-refractivity contribution in [2.75, 3.05) is 12.4 Å². The molecular formula is C21H20FNO3. The molecule has 0 saturated heterocycles. The van der Waals surface area contributed by atoms with Crippen LogP contribution in [0.5, 0.6) is 0 Å². The zero-order valence-corrected chi connectivity index (χ0v) is 14.7. The molecule has 0 aliphatic heterocycles. The van der Waals surface area contributed by atoms with Crippen LogP contribution in [0.4, 0.5) is 10.1 Å². The molecule has 3 rings (SSSR count). The molecule has 0 spiro atoms. The first kappa shape index (κ1) is 17.7. The summed E-state index contributed by atoms with van der Waals surface area (Å²) >= 11 is 0. The summed E-state index contributed by atoms with van der Waals surface area (Å²) < 4.78 is 24.5. The highest BCUT2D eigenvalue weighted by Crippen LogP contribution is 2.28. The molecule has 1 unspecified atom stereocenters. The molecule has 0 aliphatic carbocycles. The first-order valence-corrected chi connectivity index (χ1v) is 8.32. The lowest BCUT2D eigenvalue weighted by molar-refractivity contribution is -0.141. The van der Waals surface area contributed by atoms with Crippen molar-refractivity contribution < 1.29 is 18.3 Å². The maximum atomic E-state index is 14.5. The smallest absolute Gasteiger partial charge is 0.312 e. The van der Waals surface area contributed by atoms with E-state index < -0.39 is 5.92 Å². The van der Waals surface area contributed by atoms with Crippen molar-refractivity contribution in [2.45, 2.75) is 19.4 Å². The number of hydrogen-bond donors (Lipinski definition) is 1. The second-order valence-electron chi connectivity index (χ2n) is 5.99. The predicted octanol–water partition coefficient (Wildman–Crippen LogP) is 4.97. The van der Waals surface area contributed by atoms with E-state index in [1.165, 1.54) is 13.2 Å². The highest BCUT2D eigenvalue weighted by atomic mass is 19.1. The Morgan fingerprint density at radius 2 is 1.96 bits per heavy atom.